The average Bonchev–Trinajstić information content (AvgIpc) is 2.74. The molecule has 0 bridgehead atoms. The molecule has 156 valence electrons. The number of methoxy groups -OCH3 is 1. The number of nitrogens with one attached hydrogen (secondary N) is 1. The lowest BCUT2D eigenvalue weighted by Gasteiger charge is -2.14. The van der Waals surface area contributed by atoms with E-state index in [0.29, 0.717) is 17.0 Å². The highest BCUT2D eigenvalue weighted by atomic mass is 32.2. The highest BCUT2D eigenvalue weighted by Crippen LogP contribution is 2.34. The van der Waals surface area contributed by atoms with Gasteiger partial charge in [-0.15, -0.1) is 0 Å². The van der Waals surface area contributed by atoms with Gasteiger partial charge in [0.05, 0.1) is 17.7 Å². The van der Waals surface area contributed by atoms with Crippen LogP contribution in [-0.2, 0) is 19.6 Å². The van der Waals surface area contributed by atoms with E-state index in [4.69, 9.17) is 4.74 Å². The molecule has 0 saturated heterocycles. The molecule has 0 amide bonds. The predicted octanol–water partition coefficient (Wildman–Crippen LogP) is 4.50. The largest absolute Gasteiger partial charge is 0.482 e. The Balaban J connectivity index is 1.80. The molecular formula is C22H21NO5S2. The zero-order chi connectivity index (χ0) is 21.6. The van der Waals surface area contributed by atoms with Crippen molar-refractivity contribution in [3.8, 4) is 5.75 Å². The fourth-order valence-corrected chi connectivity index (χ4v) is 4.76. The number of esters is 1. The maximum absolute atomic E-state index is 12.9. The van der Waals surface area contributed by atoms with Crippen LogP contribution in [0.15, 0.2) is 87.5 Å². The number of benzene rings is 3. The minimum atomic E-state index is -3.81. The van der Waals surface area contributed by atoms with E-state index in [-0.39, 0.29) is 11.5 Å². The van der Waals surface area contributed by atoms with Crippen LogP contribution in [0.25, 0.3) is 0 Å². The topological polar surface area (TPSA) is 81.7 Å². The van der Waals surface area contributed by atoms with Gasteiger partial charge in [-0.3, -0.25) is 4.72 Å². The van der Waals surface area contributed by atoms with Crippen LogP contribution in [0, 0.1) is 6.92 Å². The number of para-hydroxylation sites is 1. The van der Waals surface area contributed by atoms with Gasteiger partial charge < -0.3 is 9.47 Å². The normalized spacial score (nSPS) is 11.0. The summed E-state index contributed by atoms with van der Waals surface area (Å²) >= 11 is 1.48. The van der Waals surface area contributed by atoms with Gasteiger partial charge in [0.1, 0.15) is 5.75 Å². The van der Waals surface area contributed by atoms with Crippen molar-refractivity contribution in [1.29, 1.82) is 0 Å². The van der Waals surface area contributed by atoms with E-state index in [1.165, 1.54) is 37.1 Å². The Bertz CT molecular complexity index is 1130. The van der Waals surface area contributed by atoms with Crippen LogP contribution < -0.4 is 9.46 Å². The summed E-state index contributed by atoms with van der Waals surface area (Å²) in [4.78, 5) is 13.1. The molecule has 6 nitrogen and oxygen atoms in total. The fraction of sp³-hybridized carbons (Fsp3) is 0.136. The lowest BCUT2D eigenvalue weighted by Crippen LogP contribution is -2.15. The summed E-state index contributed by atoms with van der Waals surface area (Å²) in [7, 11) is -2.54. The molecule has 0 unspecified atom stereocenters. The van der Waals surface area contributed by atoms with Gasteiger partial charge in [0.25, 0.3) is 10.0 Å². The molecular weight excluding hydrogens is 422 g/mol. The van der Waals surface area contributed by atoms with E-state index < -0.39 is 16.0 Å². The molecule has 0 saturated carbocycles. The lowest BCUT2D eigenvalue weighted by atomic mass is 10.2. The summed E-state index contributed by atoms with van der Waals surface area (Å²) in [6, 6.07) is 21.4. The first-order chi connectivity index (χ1) is 14.4. The van der Waals surface area contributed by atoms with Gasteiger partial charge in [-0.05, 0) is 55.0 Å². The molecule has 8 heteroatoms. The van der Waals surface area contributed by atoms with Crippen molar-refractivity contribution in [2.75, 3.05) is 18.4 Å². The van der Waals surface area contributed by atoms with Crippen molar-refractivity contribution in [3.05, 3.63) is 78.4 Å². The van der Waals surface area contributed by atoms with Crippen LogP contribution in [0.4, 0.5) is 5.69 Å². The molecule has 0 aliphatic carbocycles. The van der Waals surface area contributed by atoms with Crippen LogP contribution in [-0.4, -0.2) is 28.1 Å². The summed E-state index contributed by atoms with van der Waals surface area (Å²) in [6.45, 7) is 1.47. The van der Waals surface area contributed by atoms with Gasteiger partial charge in [0.15, 0.2) is 6.61 Å². The second-order valence-electron chi connectivity index (χ2n) is 6.31. The van der Waals surface area contributed by atoms with Crippen LogP contribution >= 0.6 is 11.8 Å². The molecule has 0 radical (unpaired) electrons. The maximum atomic E-state index is 12.9. The number of carbonyl (C=O) groups is 1. The third-order valence-corrected chi connectivity index (χ3v) is 6.58. The Labute approximate surface area is 180 Å². The Morgan fingerprint density at radius 3 is 2.40 bits per heavy atom. The molecule has 3 rings (SSSR count). The van der Waals surface area contributed by atoms with E-state index in [9.17, 15) is 13.2 Å². The Kier molecular flexibility index (Phi) is 7.02. The molecule has 1 N–H and O–H groups in total. The lowest BCUT2D eigenvalue weighted by molar-refractivity contribution is -0.142. The molecule has 0 aromatic heterocycles. The van der Waals surface area contributed by atoms with Crippen LogP contribution in [0.1, 0.15) is 5.56 Å². The highest BCUT2D eigenvalue weighted by Gasteiger charge is 2.18. The first kappa shape index (κ1) is 21.7. The summed E-state index contributed by atoms with van der Waals surface area (Å²) in [5, 5.41) is 0. The predicted molar refractivity (Wildman–Crippen MR) is 117 cm³/mol. The molecule has 0 aliphatic heterocycles. The second-order valence-corrected chi connectivity index (χ2v) is 9.11. The molecule has 0 fully saturated rings. The summed E-state index contributed by atoms with van der Waals surface area (Å²) in [5.41, 5.74) is 1.09. The minimum absolute atomic E-state index is 0.102. The van der Waals surface area contributed by atoms with Gasteiger partial charge in [0, 0.05) is 9.79 Å². The number of sulfonamides is 1. The summed E-state index contributed by atoms with van der Waals surface area (Å²) in [6.07, 6.45) is 0. The smallest absolute Gasteiger partial charge is 0.343 e. The first-order valence-electron chi connectivity index (χ1n) is 9.04. The van der Waals surface area contributed by atoms with E-state index in [1.807, 2.05) is 42.5 Å². The molecule has 0 heterocycles. The fourth-order valence-electron chi connectivity index (χ4n) is 2.61. The van der Waals surface area contributed by atoms with Gasteiger partial charge in [-0.2, -0.15) is 0 Å². The molecule has 3 aromatic rings. The Hall–Kier alpha value is -2.97. The molecule has 30 heavy (non-hydrogen) atoms. The van der Waals surface area contributed by atoms with Crippen molar-refractivity contribution in [2.45, 2.75) is 21.6 Å². The monoisotopic (exact) mass is 443 g/mol. The van der Waals surface area contributed by atoms with Crippen LogP contribution in [0.2, 0.25) is 0 Å². The maximum Gasteiger partial charge on any atom is 0.343 e. The number of ether oxygens (including phenoxy) is 2. The van der Waals surface area contributed by atoms with E-state index in [1.54, 1.807) is 19.1 Å². The van der Waals surface area contributed by atoms with Gasteiger partial charge >= 0.3 is 5.97 Å². The van der Waals surface area contributed by atoms with Crippen molar-refractivity contribution < 1.29 is 22.7 Å². The quantitative estimate of drug-likeness (QED) is 0.516. The summed E-state index contributed by atoms with van der Waals surface area (Å²) in [5.74, 6) is -0.0975. The van der Waals surface area contributed by atoms with Crippen molar-refractivity contribution in [1.82, 2.24) is 0 Å². The average molecular weight is 444 g/mol. The standard InChI is InChI=1S/C22H21NO5S2/c1-16-14-18(12-13-20(16)28-15-22(24)27-2)30(25,26)23-19-10-6-7-11-21(19)29-17-8-4-3-5-9-17/h3-14,23H,15H2,1-2H3. The third-order valence-electron chi connectivity index (χ3n) is 4.13. The molecule has 0 atom stereocenters. The van der Waals surface area contributed by atoms with Crippen molar-refractivity contribution in [2.24, 2.45) is 0 Å². The van der Waals surface area contributed by atoms with Crippen molar-refractivity contribution >= 4 is 33.4 Å². The number of hydrogen-bond acceptors (Lipinski definition) is 6. The molecule has 0 aliphatic rings. The van der Waals surface area contributed by atoms with E-state index in [2.05, 4.69) is 9.46 Å². The van der Waals surface area contributed by atoms with Crippen LogP contribution in [0.3, 0.4) is 0 Å². The summed E-state index contributed by atoms with van der Waals surface area (Å²) < 4.78 is 38.5. The van der Waals surface area contributed by atoms with Crippen LogP contribution in [0.5, 0.6) is 5.75 Å². The second kappa shape index (κ2) is 9.69. The van der Waals surface area contributed by atoms with Crippen molar-refractivity contribution in [3.63, 3.8) is 0 Å². The molecule has 3 aromatic carbocycles. The number of carbonyl (C=O) groups excluding carboxylic acids is 1. The Morgan fingerprint density at radius 1 is 1.00 bits per heavy atom. The SMILES string of the molecule is COC(=O)COc1ccc(S(=O)(=O)Nc2ccccc2Sc2ccccc2)cc1C. The van der Waals surface area contributed by atoms with Gasteiger partial charge in [-0.25, -0.2) is 13.2 Å². The Morgan fingerprint density at radius 2 is 1.70 bits per heavy atom. The first-order valence-corrected chi connectivity index (χ1v) is 11.3. The minimum Gasteiger partial charge on any atom is -0.482 e. The highest BCUT2D eigenvalue weighted by molar-refractivity contribution is 7.99. The number of anilines is 1. The third kappa shape index (κ3) is 5.55. The van der Waals surface area contributed by atoms with Gasteiger partial charge in [0.2, 0.25) is 0 Å². The molecule has 0 spiro atoms. The van der Waals surface area contributed by atoms with E-state index in [0.717, 1.165) is 9.79 Å². The zero-order valence-corrected chi connectivity index (χ0v) is 18.1. The zero-order valence-electron chi connectivity index (χ0n) is 16.5. The number of hydrogen-bond donors (Lipinski definition) is 1. The van der Waals surface area contributed by atoms with E-state index >= 15 is 0 Å². The number of aryl methyl sites for hydroxylation is 1. The number of rotatable bonds is 8. The van der Waals surface area contributed by atoms with Gasteiger partial charge in [-0.1, -0.05) is 42.1 Å².